The maximum Gasteiger partial charge on any atom is 0.255 e. The molecular weight excluding hydrogens is 362 g/mol. The second-order valence-corrected chi connectivity index (χ2v) is 7.01. The van der Waals surface area contributed by atoms with Crippen LogP contribution in [0.2, 0.25) is 0 Å². The van der Waals surface area contributed by atoms with E-state index in [1.165, 1.54) is 5.56 Å². The zero-order valence-corrected chi connectivity index (χ0v) is 16.6. The molecule has 0 fully saturated rings. The van der Waals surface area contributed by atoms with E-state index < -0.39 is 5.91 Å². The van der Waals surface area contributed by atoms with Gasteiger partial charge in [-0.25, -0.2) is 4.98 Å². The zero-order valence-electron chi connectivity index (χ0n) is 15.8. The molecule has 0 aliphatic heterocycles. The number of aryl methyl sites for hydroxylation is 1. The van der Waals surface area contributed by atoms with Gasteiger partial charge in [0, 0.05) is 31.4 Å². The Labute approximate surface area is 164 Å². The highest BCUT2D eigenvalue weighted by atomic mass is 32.1. The molecule has 1 aromatic carbocycles. The molecule has 7 nitrogen and oxygen atoms in total. The molecule has 0 unspecified atom stereocenters. The minimum atomic E-state index is -0.483. The first-order valence-corrected chi connectivity index (χ1v) is 9.88. The van der Waals surface area contributed by atoms with Crippen molar-refractivity contribution >= 4 is 23.2 Å². The van der Waals surface area contributed by atoms with Gasteiger partial charge in [0.2, 0.25) is 0 Å². The summed E-state index contributed by atoms with van der Waals surface area (Å²) in [6, 6.07) is 7.64. The summed E-state index contributed by atoms with van der Waals surface area (Å²) in [4.78, 5) is 19.8. The van der Waals surface area contributed by atoms with Gasteiger partial charge < -0.3 is 21.1 Å². The molecule has 0 spiro atoms. The zero-order chi connectivity index (χ0) is 19.5. The van der Waals surface area contributed by atoms with Gasteiger partial charge in [-0.3, -0.25) is 9.79 Å². The fourth-order valence-electron chi connectivity index (χ4n) is 2.38. The monoisotopic (exact) mass is 389 g/mol. The molecule has 0 aliphatic rings. The number of rotatable bonds is 10. The number of thiazole rings is 1. The number of nitrogens with one attached hydrogen (secondary N) is 2. The van der Waals surface area contributed by atoms with Crippen LogP contribution in [0.4, 0.5) is 0 Å². The Hall–Kier alpha value is -2.61. The van der Waals surface area contributed by atoms with Gasteiger partial charge >= 0.3 is 0 Å². The van der Waals surface area contributed by atoms with E-state index in [0.717, 1.165) is 42.6 Å². The van der Waals surface area contributed by atoms with Gasteiger partial charge in [0.25, 0.3) is 5.91 Å². The highest BCUT2D eigenvalue weighted by molar-refractivity contribution is 7.09. The molecule has 0 radical (unpaired) electrons. The molecule has 1 heterocycles. The number of benzene rings is 1. The quantitative estimate of drug-likeness (QED) is 0.424. The standard InChI is InChI=1S/C19H27N5O2S/c1-3-21-19(23-11-9-16-13-27-14(2)24-16)22-10-8-15-4-6-17(7-5-15)26-12-18(20)25/h4-7,13H,3,8-12H2,1-2H3,(H2,20,25)(H2,21,22,23). The van der Waals surface area contributed by atoms with Crippen molar-refractivity contribution in [1.82, 2.24) is 15.6 Å². The van der Waals surface area contributed by atoms with Crippen LogP contribution in [0.3, 0.4) is 0 Å². The molecule has 1 amide bonds. The average Bonchev–Trinajstić information content (AvgIpc) is 3.06. The number of aliphatic imine (C=N–C) groups is 1. The lowest BCUT2D eigenvalue weighted by molar-refractivity contribution is -0.119. The van der Waals surface area contributed by atoms with Gasteiger partial charge in [0.15, 0.2) is 12.6 Å². The number of nitrogens with two attached hydrogens (primary N) is 1. The van der Waals surface area contributed by atoms with Crippen LogP contribution in [0.25, 0.3) is 0 Å². The van der Waals surface area contributed by atoms with Crippen LogP contribution in [-0.2, 0) is 17.6 Å². The van der Waals surface area contributed by atoms with Crippen molar-refractivity contribution in [2.45, 2.75) is 26.7 Å². The number of amides is 1. The Balaban J connectivity index is 1.76. The van der Waals surface area contributed by atoms with Gasteiger partial charge in [0.05, 0.1) is 10.7 Å². The van der Waals surface area contributed by atoms with Crippen molar-refractivity contribution in [3.8, 4) is 5.75 Å². The number of hydrogen-bond acceptors (Lipinski definition) is 5. The molecule has 0 saturated carbocycles. The van der Waals surface area contributed by atoms with E-state index in [0.29, 0.717) is 12.3 Å². The summed E-state index contributed by atoms with van der Waals surface area (Å²) in [6.07, 6.45) is 1.69. The van der Waals surface area contributed by atoms with E-state index in [1.807, 2.05) is 38.1 Å². The lowest BCUT2D eigenvalue weighted by atomic mass is 10.1. The summed E-state index contributed by atoms with van der Waals surface area (Å²) in [5.41, 5.74) is 7.33. The Kier molecular flexibility index (Phi) is 8.57. The van der Waals surface area contributed by atoms with E-state index in [-0.39, 0.29) is 6.61 Å². The normalized spacial score (nSPS) is 11.3. The topological polar surface area (TPSA) is 102 Å². The molecule has 4 N–H and O–H groups in total. The van der Waals surface area contributed by atoms with E-state index in [1.54, 1.807) is 11.3 Å². The maximum atomic E-state index is 10.7. The minimum absolute atomic E-state index is 0.107. The summed E-state index contributed by atoms with van der Waals surface area (Å²) >= 11 is 1.67. The number of hydrogen-bond donors (Lipinski definition) is 3. The van der Waals surface area contributed by atoms with Crippen LogP contribution >= 0.6 is 11.3 Å². The van der Waals surface area contributed by atoms with Crippen LogP contribution in [0, 0.1) is 6.92 Å². The number of nitrogens with zero attached hydrogens (tertiary/aromatic N) is 2. The molecular formula is C19H27N5O2S. The van der Waals surface area contributed by atoms with E-state index in [9.17, 15) is 4.79 Å². The molecule has 0 aliphatic carbocycles. The van der Waals surface area contributed by atoms with Crippen LogP contribution in [0.1, 0.15) is 23.2 Å². The first-order valence-electron chi connectivity index (χ1n) is 9.00. The third-order valence-electron chi connectivity index (χ3n) is 3.66. The Morgan fingerprint density at radius 1 is 1.26 bits per heavy atom. The van der Waals surface area contributed by atoms with Gasteiger partial charge in [0.1, 0.15) is 5.75 Å². The molecule has 2 rings (SSSR count). The first kappa shape index (κ1) is 20.7. The predicted molar refractivity (Wildman–Crippen MR) is 109 cm³/mol. The summed E-state index contributed by atoms with van der Waals surface area (Å²) in [6.45, 7) is 6.23. The molecule has 0 saturated heterocycles. The van der Waals surface area contributed by atoms with Crippen molar-refractivity contribution in [3.63, 3.8) is 0 Å². The van der Waals surface area contributed by atoms with Gasteiger partial charge in [-0.2, -0.15) is 0 Å². The van der Waals surface area contributed by atoms with Gasteiger partial charge in [-0.05, 0) is 38.0 Å². The maximum absolute atomic E-state index is 10.7. The number of aromatic nitrogens is 1. The summed E-state index contributed by atoms with van der Waals surface area (Å²) in [5.74, 6) is 0.965. The second-order valence-electron chi connectivity index (χ2n) is 5.94. The largest absolute Gasteiger partial charge is 0.484 e. The van der Waals surface area contributed by atoms with Gasteiger partial charge in [-0.1, -0.05) is 12.1 Å². The van der Waals surface area contributed by atoms with Crippen LogP contribution < -0.4 is 21.1 Å². The van der Waals surface area contributed by atoms with E-state index >= 15 is 0 Å². The number of carbonyl (C=O) groups is 1. The minimum Gasteiger partial charge on any atom is -0.484 e. The van der Waals surface area contributed by atoms with Crippen molar-refractivity contribution in [2.75, 3.05) is 26.2 Å². The highest BCUT2D eigenvalue weighted by Gasteiger charge is 2.01. The smallest absolute Gasteiger partial charge is 0.255 e. The van der Waals surface area contributed by atoms with Crippen molar-refractivity contribution in [2.24, 2.45) is 10.7 Å². The molecule has 2 aromatic rings. The average molecular weight is 390 g/mol. The highest BCUT2D eigenvalue weighted by Crippen LogP contribution is 2.12. The Morgan fingerprint density at radius 2 is 2.04 bits per heavy atom. The van der Waals surface area contributed by atoms with Crippen LogP contribution in [0.5, 0.6) is 5.75 Å². The number of guanidine groups is 1. The number of ether oxygens (including phenoxy) is 1. The fraction of sp³-hybridized carbons (Fsp3) is 0.421. The molecule has 1 aromatic heterocycles. The van der Waals surface area contributed by atoms with Crippen molar-refractivity contribution < 1.29 is 9.53 Å². The van der Waals surface area contributed by atoms with E-state index in [4.69, 9.17) is 10.5 Å². The first-order chi connectivity index (χ1) is 13.1. The van der Waals surface area contributed by atoms with Crippen molar-refractivity contribution in [1.29, 1.82) is 0 Å². The third kappa shape index (κ3) is 8.08. The molecule has 0 atom stereocenters. The summed E-state index contributed by atoms with van der Waals surface area (Å²) in [5, 5.41) is 9.77. The Morgan fingerprint density at radius 3 is 2.67 bits per heavy atom. The predicted octanol–water partition coefficient (Wildman–Crippen LogP) is 1.66. The fourth-order valence-corrected chi connectivity index (χ4v) is 3.03. The van der Waals surface area contributed by atoms with Crippen LogP contribution in [0.15, 0.2) is 34.6 Å². The second kappa shape index (κ2) is 11.2. The molecule has 27 heavy (non-hydrogen) atoms. The SMILES string of the molecule is CCNC(=NCCc1csc(C)n1)NCCc1ccc(OCC(N)=O)cc1. The molecule has 8 heteroatoms. The van der Waals surface area contributed by atoms with Crippen molar-refractivity contribution in [3.05, 3.63) is 45.9 Å². The van der Waals surface area contributed by atoms with E-state index in [2.05, 4.69) is 26.0 Å². The molecule has 146 valence electrons. The number of primary amides is 1. The Bertz CT molecular complexity index is 743. The third-order valence-corrected chi connectivity index (χ3v) is 4.48. The number of carbonyl (C=O) groups excluding carboxylic acids is 1. The summed E-state index contributed by atoms with van der Waals surface area (Å²) in [7, 11) is 0. The van der Waals surface area contributed by atoms with Crippen LogP contribution in [-0.4, -0.2) is 43.1 Å². The summed E-state index contributed by atoms with van der Waals surface area (Å²) < 4.78 is 5.26. The lowest BCUT2D eigenvalue weighted by Gasteiger charge is -2.11. The van der Waals surface area contributed by atoms with Gasteiger partial charge in [-0.15, -0.1) is 11.3 Å². The molecule has 0 bridgehead atoms. The lowest BCUT2D eigenvalue weighted by Crippen LogP contribution is -2.38.